The van der Waals surface area contributed by atoms with Crippen molar-refractivity contribution < 1.29 is 13.2 Å². The highest BCUT2D eigenvalue weighted by Gasteiger charge is 2.23. The molecule has 6 heteroatoms. The van der Waals surface area contributed by atoms with Crippen molar-refractivity contribution in [1.29, 1.82) is 0 Å². The lowest BCUT2D eigenvalue weighted by Gasteiger charge is -2.19. The number of likely N-dealkylation sites (N-methyl/N-ethyl adjacent to an activating group) is 1. The van der Waals surface area contributed by atoms with Gasteiger partial charge in [-0.1, -0.05) is 19.1 Å². The van der Waals surface area contributed by atoms with Gasteiger partial charge in [0.25, 0.3) is 0 Å². The summed E-state index contributed by atoms with van der Waals surface area (Å²) in [5.41, 5.74) is 0.443. The van der Waals surface area contributed by atoms with E-state index in [1.165, 1.54) is 12.1 Å². The summed E-state index contributed by atoms with van der Waals surface area (Å²) in [5.74, 6) is -0.0532. The molecule has 1 heterocycles. The van der Waals surface area contributed by atoms with Crippen molar-refractivity contribution in [2.45, 2.75) is 37.1 Å². The standard InChI is InChI=1S/C15H22N2O3S/c1-3-15(18)12-6-4-8-14(10-12)21(19,20)16-11-13-7-5-9-17(13)2/h4,6,8,10,13,16H,3,5,7,9,11H2,1-2H3. The van der Waals surface area contributed by atoms with Gasteiger partial charge in [-0.3, -0.25) is 4.79 Å². The fourth-order valence-electron chi connectivity index (χ4n) is 2.57. The number of Topliss-reactive ketones (excluding diaryl/α,β-unsaturated/α-hetero) is 1. The van der Waals surface area contributed by atoms with E-state index < -0.39 is 10.0 Å². The van der Waals surface area contributed by atoms with Gasteiger partial charge < -0.3 is 4.90 Å². The number of rotatable bonds is 6. The van der Waals surface area contributed by atoms with Crippen molar-refractivity contribution in [3.8, 4) is 0 Å². The van der Waals surface area contributed by atoms with Crippen LogP contribution in [-0.2, 0) is 10.0 Å². The Bertz CT molecular complexity index is 613. The van der Waals surface area contributed by atoms with E-state index in [9.17, 15) is 13.2 Å². The molecule has 0 aromatic heterocycles. The molecule has 116 valence electrons. The van der Waals surface area contributed by atoms with Crippen LogP contribution < -0.4 is 4.72 Å². The molecule has 1 N–H and O–H groups in total. The first-order chi connectivity index (χ1) is 9.94. The third-order valence-corrected chi connectivity index (χ3v) is 5.39. The Morgan fingerprint density at radius 1 is 1.43 bits per heavy atom. The maximum Gasteiger partial charge on any atom is 0.240 e. The number of carbonyl (C=O) groups is 1. The van der Waals surface area contributed by atoms with Crippen LogP contribution in [0.15, 0.2) is 29.2 Å². The fraction of sp³-hybridized carbons (Fsp3) is 0.533. The largest absolute Gasteiger partial charge is 0.302 e. The molecule has 0 aliphatic carbocycles. The molecule has 5 nitrogen and oxygen atoms in total. The van der Waals surface area contributed by atoms with Gasteiger partial charge in [-0.15, -0.1) is 0 Å². The van der Waals surface area contributed by atoms with Gasteiger partial charge in [-0.2, -0.15) is 0 Å². The summed E-state index contributed by atoms with van der Waals surface area (Å²) in [6.45, 7) is 3.18. The van der Waals surface area contributed by atoms with E-state index >= 15 is 0 Å². The second-order valence-corrected chi connectivity index (χ2v) is 7.20. The first kappa shape index (κ1) is 16.1. The monoisotopic (exact) mass is 310 g/mol. The summed E-state index contributed by atoms with van der Waals surface area (Å²) < 4.78 is 27.3. The van der Waals surface area contributed by atoms with Crippen molar-refractivity contribution in [1.82, 2.24) is 9.62 Å². The highest BCUT2D eigenvalue weighted by atomic mass is 32.2. The third-order valence-electron chi connectivity index (χ3n) is 3.97. The quantitative estimate of drug-likeness (QED) is 0.811. The molecule has 1 aromatic carbocycles. The Morgan fingerprint density at radius 3 is 2.81 bits per heavy atom. The van der Waals surface area contributed by atoms with Crippen LogP contribution >= 0.6 is 0 Å². The summed E-state index contributed by atoms with van der Waals surface area (Å²) in [7, 11) is -1.56. The molecule has 1 unspecified atom stereocenters. The van der Waals surface area contributed by atoms with Crippen LogP contribution in [0.25, 0.3) is 0 Å². The normalized spacial score (nSPS) is 19.8. The molecule has 1 aliphatic rings. The van der Waals surface area contributed by atoms with E-state index in [1.54, 1.807) is 19.1 Å². The minimum absolute atomic E-state index is 0.0532. The van der Waals surface area contributed by atoms with E-state index in [4.69, 9.17) is 0 Å². The highest BCUT2D eigenvalue weighted by Crippen LogP contribution is 2.16. The predicted octanol–water partition coefficient (Wildman–Crippen LogP) is 1.65. The maximum atomic E-state index is 12.3. The molecule has 1 saturated heterocycles. The maximum absolute atomic E-state index is 12.3. The van der Waals surface area contributed by atoms with E-state index in [0.29, 0.717) is 18.5 Å². The topological polar surface area (TPSA) is 66.5 Å². The van der Waals surface area contributed by atoms with Gasteiger partial charge in [0, 0.05) is 24.6 Å². The molecular weight excluding hydrogens is 288 g/mol. The average Bonchev–Trinajstić information content (AvgIpc) is 2.90. The number of nitrogens with zero attached hydrogens (tertiary/aromatic N) is 1. The minimum atomic E-state index is -3.56. The first-order valence-electron chi connectivity index (χ1n) is 7.27. The molecule has 21 heavy (non-hydrogen) atoms. The zero-order valence-corrected chi connectivity index (χ0v) is 13.3. The Hall–Kier alpha value is -1.24. The van der Waals surface area contributed by atoms with Crippen LogP contribution in [0, 0.1) is 0 Å². The van der Waals surface area contributed by atoms with Gasteiger partial charge in [-0.05, 0) is 38.6 Å². The molecule has 0 spiro atoms. The Morgan fingerprint density at radius 2 is 2.19 bits per heavy atom. The van der Waals surface area contributed by atoms with Gasteiger partial charge in [0.15, 0.2) is 5.78 Å². The van der Waals surface area contributed by atoms with Crippen LogP contribution in [-0.4, -0.2) is 45.3 Å². The van der Waals surface area contributed by atoms with Gasteiger partial charge >= 0.3 is 0 Å². The molecule has 0 radical (unpaired) electrons. The Kier molecular flexibility index (Phi) is 5.13. The Labute approximate surface area is 126 Å². The van der Waals surface area contributed by atoms with Gasteiger partial charge in [0.1, 0.15) is 0 Å². The smallest absolute Gasteiger partial charge is 0.240 e. The lowest BCUT2D eigenvalue weighted by Crippen LogP contribution is -2.38. The van der Waals surface area contributed by atoms with Crippen LogP contribution in [0.2, 0.25) is 0 Å². The molecular formula is C15H22N2O3S. The van der Waals surface area contributed by atoms with Crippen LogP contribution in [0.3, 0.4) is 0 Å². The first-order valence-corrected chi connectivity index (χ1v) is 8.75. The average molecular weight is 310 g/mol. The Balaban J connectivity index is 2.10. The molecule has 1 fully saturated rings. The summed E-state index contributed by atoms with van der Waals surface area (Å²) in [6, 6.07) is 6.48. The summed E-state index contributed by atoms with van der Waals surface area (Å²) >= 11 is 0. The second-order valence-electron chi connectivity index (χ2n) is 5.43. The summed E-state index contributed by atoms with van der Waals surface area (Å²) in [5, 5.41) is 0. The minimum Gasteiger partial charge on any atom is -0.302 e. The van der Waals surface area contributed by atoms with E-state index in [1.807, 2.05) is 7.05 Å². The molecule has 0 saturated carbocycles. The van der Waals surface area contributed by atoms with Crippen molar-refractivity contribution in [3.05, 3.63) is 29.8 Å². The number of benzene rings is 1. The van der Waals surface area contributed by atoms with Gasteiger partial charge in [0.05, 0.1) is 4.90 Å². The highest BCUT2D eigenvalue weighted by molar-refractivity contribution is 7.89. The third kappa shape index (κ3) is 3.90. The van der Waals surface area contributed by atoms with E-state index in [2.05, 4.69) is 9.62 Å². The molecule has 2 rings (SSSR count). The van der Waals surface area contributed by atoms with Crippen LogP contribution in [0.1, 0.15) is 36.5 Å². The molecule has 1 atom stereocenters. The van der Waals surface area contributed by atoms with E-state index in [-0.39, 0.29) is 16.7 Å². The number of likely N-dealkylation sites (tertiary alicyclic amines) is 1. The molecule has 0 bridgehead atoms. The number of nitrogens with one attached hydrogen (secondary N) is 1. The fourth-order valence-corrected chi connectivity index (χ4v) is 3.69. The zero-order chi connectivity index (χ0) is 15.5. The van der Waals surface area contributed by atoms with Crippen molar-refractivity contribution in [3.63, 3.8) is 0 Å². The number of ketones is 1. The van der Waals surface area contributed by atoms with Crippen LogP contribution in [0.5, 0.6) is 0 Å². The SMILES string of the molecule is CCC(=O)c1cccc(S(=O)(=O)NCC2CCCN2C)c1. The summed E-state index contributed by atoms with van der Waals surface area (Å²) in [6.07, 6.45) is 2.47. The zero-order valence-electron chi connectivity index (χ0n) is 12.5. The number of carbonyl (C=O) groups excluding carboxylic acids is 1. The van der Waals surface area contributed by atoms with Crippen LogP contribution in [0.4, 0.5) is 0 Å². The second kappa shape index (κ2) is 6.68. The lowest BCUT2D eigenvalue weighted by atomic mass is 10.1. The number of hydrogen-bond acceptors (Lipinski definition) is 4. The molecule has 1 aliphatic heterocycles. The van der Waals surface area contributed by atoms with Crippen molar-refractivity contribution in [2.24, 2.45) is 0 Å². The lowest BCUT2D eigenvalue weighted by molar-refractivity contribution is 0.0988. The van der Waals surface area contributed by atoms with Gasteiger partial charge in [0.2, 0.25) is 10.0 Å². The van der Waals surface area contributed by atoms with Crippen molar-refractivity contribution >= 4 is 15.8 Å². The predicted molar refractivity (Wildman–Crippen MR) is 81.9 cm³/mol. The molecule has 0 amide bonds. The summed E-state index contributed by atoms with van der Waals surface area (Å²) in [4.78, 5) is 14.0. The van der Waals surface area contributed by atoms with E-state index in [0.717, 1.165) is 19.4 Å². The van der Waals surface area contributed by atoms with Crippen molar-refractivity contribution in [2.75, 3.05) is 20.1 Å². The number of hydrogen-bond donors (Lipinski definition) is 1. The molecule has 1 aromatic rings. The van der Waals surface area contributed by atoms with Gasteiger partial charge in [-0.25, -0.2) is 13.1 Å². The number of sulfonamides is 1.